The summed E-state index contributed by atoms with van der Waals surface area (Å²) in [6.07, 6.45) is 5.89. The van der Waals surface area contributed by atoms with E-state index in [0.29, 0.717) is 35.3 Å². The highest BCUT2D eigenvalue weighted by Gasteiger charge is 2.29. The van der Waals surface area contributed by atoms with Crippen LogP contribution in [0.2, 0.25) is 0 Å². The van der Waals surface area contributed by atoms with Crippen LogP contribution in [0.15, 0.2) is 66.1 Å². The zero-order chi connectivity index (χ0) is 26.3. The number of nitrogens with one attached hydrogen (secondary N) is 1. The average Bonchev–Trinajstić information content (AvgIpc) is 3.52. The lowest BCUT2D eigenvalue weighted by molar-refractivity contribution is 0.102. The summed E-state index contributed by atoms with van der Waals surface area (Å²) < 4.78 is 55.4. The summed E-state index contributed by atoms with van der Waals surface area (Å²) in [5.41, 5.74) is 2.20. The molecule has 3 aromatic heterocycles. The first kappa shape index (κ1) is 24.8. The van der Waals surface area contributed by atoms with Crippen molar-refractivity contribution >= 4 is 32.8 Å². The van der Waals surface area contributed by atoms with Gasteiger partial charge in [0.25, 0.3) is 15.9 Å². The van der Waals surface area contributed by atoms with Gasteiger partial charge in [0, 0.05) is 38.1 Å². The largest absolute Gasteiger partial charge is 0.364 e. The molecular weight excluding hydrogens is 502 g/mol. The fourth-order valence-corrected chi connectivity index (χ4v) is 5.28. The number of anilines is 2. The maximum absolute atomic E-state index is 14.5. The topological polar surface area (TPSA) is 99.9 Å². The second kappa shape index (κ2) is 9.52. The molecule has 5 rings (SSSR count). The Morgan fingerprint density at radius 3 is 2.65 bits per heavy atom. The minimum Gasteiger partial charge on any atom is -0.364 e. The summed E-state index contributed by atoms with van der Waals surface area (Å²) >= 11 is 0. The molecule has 1 aromatic carbocycles. The molecule has 192 valence electrons. The van der Waals surface area contributed by atoms with E-state index in [-0.39, 0.29) is 11.1 Å². The van der Waals surface area contributed by atoms with Crippen LogP contribution in [0.3, 0.4) is 0 Å². The Labute approximate surface area is 212 Å². The van der Waals surface area contributed by atoms with E-state index < -0.39 is 27.6 Å². The van der Waals surface area contributed by atoms with Crippen molar-refractivity contribution in [2.75, 3.05) is 30.9 Å². The second-order valence-corrected chi connectivity index (χ2v) is 11.0. The van der Waals surface area contributed by atoms with Crippen LogP contribution >= 0.6 is 0 Å². The molecule has 0 bridgehead atoms. The summed E-state index contributed by atoms with van der Waals surface area (Å²) in [5, 5.41) is 6.83. The molecule has 12 heteroatoms. The van der Waals surface area contributed by atoms with Crippen LogP contribution in [0.5, 0.6) is 0 Å². The van der Waals surface area contributed by atoms with Gasteiger partial charge in [0.05, 0.1) is 35.2 Å². The summed E-state index contributed by atoms with van der Waals surface area (Å²) in [4.78, 5) is 19.0. The van der Waals surface area contributed by atoms with E-state index in [4.69, 9.17) is 0 Å². The standard InChI is InChI=1S/C25H24F2N6O3S/c1-31(2)37(35,36)24-8-6-17(14-28-24)30-25(34)20-15-29-33-11-9-18(13-23(20)33)32-10-3-4-22(32)19-12-16(26)5-7-21(19)27/h5-9,11-15,22H,3-4,10H2,1-2H3,(H,30,34). The summed E-state index contributed by atoms with van der Waals surface area (Å²) in [6, 6.07) is 9.54. The lowest BCUT2D eigenvalue weighted by Gasteiger charge is -2.27. The highest BCUT2D eigenvalue weighted by molar-refractivity contribution is 7.89. The zero-order valence-electron chi connectivity index (χ0n) is 20.1. The van der Waals surface area contributed by atoms with Crippen LogP contribution in [0.25, 0.3) is 5.52 Å². The van der Waals surface area contributed by atoms with E-state index in [1.807, 2.05) is 11.0 Å². The van der Waals surface area contributed by atoms with Gasteiger partial charge in [-0.25, -0.2) is 31.0 Å². The van der Waals surface area contributed by atoms with E-state index in [9.17, 15) is 22.0 Å². The predicted molar refractivity (Wildman–Crippen MR) is 134 cm³/mol. The quantitative estimate of drug-likeness (QED) is 0.410. The van der Waals surface area contributed by atoms with Crippen LogP contribution in [0.1, 0.15) is 34.8 Å². The van der Waals surface area contributed by atoms with Gasteiger partial charge < -0.3 is 10.2 Å². The van der Waals surface area contributed by atoms with E-state index >= 15 is 0 Å². The van der Waals surface area contributed by atoms with Gasteiger partial charge in [-0.05, 0) is 55.3 Å². The van der Waals surface area contributed by atoms with Crippen molar-refractivity contribution in [2.24, 2.45) is 0 Å². The Morgan fingerprint density at radius 2 is 1.92 bits per heavy atom. The lowest BCUT2D eigenvalue weighted by atomic mass is 10.0. The Bertz CT molecular complexity index is 1590. The van der Waals surface area contributed by atoms with Crippen LogP contribution in [-0.4, -0.2) is 53.9 Å². The van der Waals surface area contributed by atoms with Gasteiger partial charge in [-0.3, -0.25) is 4.79 Å². The first-order valence-corrected chi connectivity index (χ1v) is 13.0. The van der Waals surface area contributed by atoms with E-state index in [1.54, 1.807) is 16.8 Å². The number of nitrogens with zero attached hydrogens (tertiary/aromatic N) is 5. The number of halogens is 2. The number of carbonyl (C=O) groups is 1. The van der Waals surface area contributed by atoms with Crippen LogP contribution in [0.4, 0.5) is 20.2 Å². The monoisotopic (exact) mass is 526 g/mol. The number of amides is 1. The van der Waals surface area contributed by atoms with Crippen molar-refractivity contribution in [3.63, 3.8) is 0 Å². The van der Waals surface area contributed by atoms with Gasteiger partial charge >= 0.3 is 0 Å². The van der Waals surface area contributed by atoms with Crippen molar-refractivity contribution in [3.8, 4) is 0 Å². The molecule has 1 aliphatic rings. The van der Waals surface area contributed by atoms with Crippen LogP contribution < -0.4 is 10.2 Å². The molecule has 1 saturated heterocycles. The number of rotatable bonds is 6. The number of benzene rings is 1. The summed E-state index contributed by atoms with van der Waals surface area (Å²) in [6.45, 7) is 0.653. The summed E-state index contributed by atoms with van der Waals surface area (Å²) in [7, 11) is -0.874. The number of fused-ring (bicyclic) bond motifs is 1. The molecule has 1 amide bonds. The number of carbonyl (C=O) groups excluding carboxylic acids is 1. The molecule has 1 unspecified atom stereocenters. The van der Waals surface area contributed by atoms with E-state index in [1.165, 1.54) is 44.7 Å². The molecule has 1 aliphatic heterocycles. The first-order valence-electron chi connectivity index (χ1n) is 11.5. The van der Waals surface area contributed by atoms with Gasteiger partial charge in [-0.15, -0.1) is 0 Å². The number of aromatic nitrogens is 3. The average molecular weight is 527 g/mol. The number of hydrogen-bond acceptors (Lipinski definition) is 6. The Hall–Kier alpha value is -3.90. The molecule has 0 saturated carbocycles. The van der Waals surface area contributed by atoms with Crippen molar-refractivity contribution in [1.29, 1.82) is 0 Å². The molecule has 4 heterocycles. The minimum absolute atomic E-state index is 0.133. The molecule has 1 atom stereocenters. The third-order valence-corrected chi connectivity index (χ3v) is 8.12. The fourth-order valence-electron chi connectivity index (χ4n) is 4.48. The predicted octanol–water partition coefficient (Wildman–Crippen LogP) is 3.85. The van der Waals surface area contributed by atoms with E-state index in [0.717, 1.165) is 28.5 Å². The Kier molecular flexibility index (Phi) is 6.38. The smallest absolute Gasteiger partial charge is 0.260 e. The van der Waals surface area contributed by atoms with Gasteiger partial charge in [-0.1, -0.05) is 0 Å². The second-order valence-electron chi connectivity index (χ2n) is 8.92. The van der Waals surface area contributed by atoms with Gasteiger partial charge in [0.15, 0.2) is 5.03 Å². The van der Waals surface area contributed by atoms with Crippen LogP contribution in [-0.2, 0) is 10.0 Å². The maximum Gasteiger partial charge on any atom is 0.260 e. The lowest BCUT2D eigenvalue weighted by Crippen LogP contribution is -2.23. The minimum atomic E-state index is -3.69. The van der Waals surface area contributed by atoms with Crippen molar-refractivity contribution in [2.45, 2.75) is 23.9 Å². The summed E-state index contributed by atoms with van der Waals surface area (Å²) in [5.74, 6) is -1.40. The van der Waals surface area contributed by atoms with Crippen molar-refractivity contribution in [1.82, 2.24) is 18.9 Å². The zero-order valence-corrected chi connectivity index (χ0v) is 20.9. The Morgan fingerprint density at radius 1 is 1.11 bits per heavy atom. The van der Waals surface area contributed by atoms with Crippen LogP contribution in [0, 0.1) is 11.6 Å². The first-order chi connectivity index (χ1) is 17.6. The number of pyridine rings is 2. The van der Waals surface area contributed by atoms with Gasteiger partial charge in [0.1, 0.15) is 11.6 Å². The number of hydrogen-bond donors (Lipinski definition) is 1. The normalized spacial score (nSPS) is 16.0. The van der Waals surface area contributed by atoms with Gasteiger partial charge in [0.2, 0.25) is 0 Å². The molecular formula is C25H24F2N6O3S. The van der Waals surface area contributed by atoms with Crippen molar-refractivity contribution < 1.29 is 22.0 Å². The van der Waals surface area contributed by atoms with E-state index in [2.05, 4.69) is 15.4 Å². The number of sulfonamides is 1. The SMILES string of the molecule is CN(C)S(=O)(=O)c1ccc(NC(=O)c2cnn3ccc(N4CCCC4c4cc(F)ccc4F)cc23)cn1. The molecule has 1 N–H and O–H groups in total. The molecule has 9 nitrogen and oxygen atoms in total. The molecule has 0 spiro atoms. The molecule has 0 radical (unpaired) electrons. The highest BCUT2D eigenvalue weighted by Crippen LogP contribution is 2.38. The maximum atomic E-state index is 14.5. The highest BCUT2D eigenvalue weighted by atomic mass is 32.2. The molecule has 0 aliphatic carbocycles. The third kappa shape index (κ3) is 4.65. The van der Waals surface area contributed by atoms with Gasteiger partial charge in [-0.2, -0.15) is 5.10 Å². The fraction of sp³-hybridized carbons (Fsp3) is 0.240. The molecule has 1 fully saturated rings. The Balaban J connectivity index is 1.41. The van der Waals surface area contributed by atoms with Crippen molar-refractivity contribution in [3.05, 3.63) is 83.8 Å². The molecule has 4 aromatic rings. The third-order valence-electron chi connectivity index (χ3n) is 6.39. The molecule has 37 heavy (non-hydrogen) atoms.